The first-order chi connectivity index (χ1) is 8.40. The molecule has 1 saturated heterocycles. The molecule has 0 amide bonds. The van der Waals surface area contributed by atoms with Crippen LogP contribution in [-0.2, 0) is 14.2 Å². The maximum Gasteiger partial charge on any atom is 0.0844 e. The van der Waals surface area contributed by atoms with Crippen molar-refractivity contribution in [3.8, 4) is 0 Å². The van der Waals surface area contributed by atoms with Crippen molar-refractivity contribution in [3.05, 3.63) is 0 Å². The van der Waals surface area contributed by atoms with E-state index in [9.17, 15) is 0 Å². The molecule has 3 nitrogen and oxygen atoms in total. The van der Waals surface area contributed by atoms with Gasteiger partial charge < -0.3 is 14.2 Å². The summed E-state index contributed by atoms with van der Waals surface area (Å²) in [5, 5.41) is 0. The quantitative estimate of drug-likeness (QED) is 0.353. The minimum atomic E-state index is 0.626. The van der Waals surface area contributed by atoms with Crippen LogP contribution in [0.1, 0.15) is 32.1 Å². The van der Waals surface area contributed by atoms with Crippen LogP contribution in [0.15, 0.2) is 0 Å². The third-order valence-corrected chi connectivity index (χ3v) is 4.14. The van der Waals surface area contributed by atoms with E-state index in [1.807, 2.05) is 0 Å². The van der Waals surface area contributed by atoms with Gasteiger partial charge in [0.2, 0.25) is 0 Å². The summed E-state index contributed by atoms with van der Waals surface area (Å²) in [7, 11) is 1.24. The lowest BCUT2D eigenvalue weighted by atomic mass is 9.86. The summed E-state index contributed by atoms with van der Waals surface area (Å²) in [6.07, 6.45) is 7.74. The van der Waals surface area contributed by atoms with Crippen LogP contribution in [0.2, 0.25) is 6.04 Å². The van der Waals surface area contributed by atoms with E-state index in [1.165, 1.54) is 48.4 Å². The van der Waals surface area contributed by atoms with Gasteiger partial charge in [-0.25, -0.2) is 0 Å². The molecule has 0 aromatic heterocycles. The van der Waals surface area contributed by atoms with Crippen LogP contribution in [0.5, 0.6) is 0 Å². The molecule has 1 saturated carbocycles. The molecule has 3 atom stereocenters. The first-order valence-electron chi connectivity index (χ1n) is 7.21. The van der Waals surface area contributed by atoms with Crippen molar-refractivity contribution in [2.24, 2.45) is 5.92 Å². The summed E-state index contributed by atoms with van der Waals surface area (Å²) < 4.78 is 16.5. The largest absolute Gasteiger partial charge is 0.379 e. The number of rotatable bonds is 9. The van der Waals surface area contributed by atoms with Gasteiger partial charge in [-0.15, -0.1) is 0 Å². The van der Waals surface area contributed by atoms with E-state index in [2.05, 4.69) is 0 Å². The molecule has 17 heavy (non-hydrogen) atoms. The van der Waals surface area contributed by atoms with Crippen molar-refractivity contribution in [3.63, 3.8) is 0 Å². The van der Waals surface area contributed by atoms with Gasteiger partial charge >= 0.3 is 0 Å². The highest BCUT2D eigenvalue weighted by atomic mass is 28.1. The van der Waals surface area contributed by atoms with Crippen LogP contribution in [0.3, 0.4) is 0 Å². The van der Waals surface area contributed by atoms with Gasteiger partial charge in [0.1, 0.15) is 0 Å². The van der Waals surface area contributed by atoms with Crippen LogP contribution >= 0.6 is 0 Å². The Labute approximate surface area is 108 Å². The van der Waals surface area contributed by atoms with Gasteiger partial charge in [0.15, 0.2) is 0 Å². The Bertz CT molecular complexity index is 213. The lowest BCUT2D eigenvalue weighted by Gasteiger charge is -2.18. The highest BCUT2D eigenvalue weighted by molar-refractivity contribution is 6.08. The Kier molecular flexibility index (Phi) is 5.98. The average Bonchev–Trinajstić information content (AvgIpc) is 3.11. The Morgan fingerprint density at radius 2 is 1.82 bits per heavy atom. The van der Waals surface area contributed by atoms with E-state index in [1.54, 1.807) is 0 Å². The fourth-order valence-corrected chi connectivity index (χ4v) is 2.98. The Hall–Kier alpha value is 0.0969. The molecule has 0 N–H and O–H groups in total. The van der Waals surface area contributed by atoms with Crippen molar-refractivity contribution in [1.82, 2.24) is 0 Å². The van der Waals surface area contributed by atoms with Gasteiger partial charge in [-0.05, 0) is 44.1 Å². The summed E-state index contributed by atoms with van der Waals surface area (Å²) in [4.78, 5) is 0. The SMILES string of the molecule is [SiH3]CCOCCOCCCC1CCC2OC2C1. The van der Waals surface area contributed by atoms with Gasteiger partial charge in [0.05, 0.1) is 25.4 Å². The lowest BCUT2D eigenvalue weighted by Crippen LogP contribution is -2.14. The number of fused-ring (bicyclic) bond motifs is 1. The molecule has 0 aromatic rings. The standard InChI is InChI=1S/C13H26O3Si/c17-9-8-15-7-6-14-5-1-2-11-3-4-12-13(10-11)16-12/h11-13H,1-10H2,17H3. The van der Waals surface area contributed by atoms with Gasteiger partial charge in [-0.3, -0.25) is 0 Å². The summed E-state index contributed by atoms with van der Waals surface area (Å²) in [6.45, 7) is 3.35. The van der Waals surface area contributed by atoms with Crippen molar-refractivity contribution < 1.29 is 14.2 Å². The van der Waals surface area contributed by atoms with Crippen molar-refractivity contribution in [2.45, 2.75) is 50.4 Å². The van der Waals surface area contributed by atoms with Gasteiger partial charge in [0.25, 0.3) is 0 Å². The van der Waals surface area contributed by atoms with Crippen LogP contribution in [-0.4, -0.2) is 48.9 Å². The zero-order valence-electron chi connectivity index (χ0n) is 11.0. The second kappa shape index (κ2) is 7.51. The molecule has 1 aliphatic carbocycles. The van der Waals surface area contributed by atoms with E-state index in [-0.39, 0.29) is 0 Å². The monoisotopic (exact) mass is 258 g/mol. The topological polar surface area (TPSA) is 31.0 Å². The Morgan fingerprint density at radius 1 is 1.00 bits per heavy atom. The number of hydrogen-bond acceptors (Lipinski definition) is 3. The van der Waals surface area contributed by atoms with Crippen molar-refractivity contribution >= 4 is 10.2 Å². The maximum atomic E-state index is 5.56. The third kappa shape index (κ3) is 5.08. The van der Waals surface area contributed by atoms with Crippen LogP contribution in [0, 0.1) is 5.92 Å². The first-order valence-corrected chi connectivity index (χ1v) is 8.62. The summed E-state index contributed by atoms with van der Waals surface area (Å²) >= 11 is 0. The highest BCUT2D eigenvalue weighted by Gasteiger charge is 2.43. The molecule has 100 valence electrons. The highest BCUT2D eigenvalue weighted by Crippen LogP contribution is 2.40. The zero-order chi connectivity index (χ0) is 11.9. The zero-order valence-corrected chi connectivity index (χ0v) is 13.0. The van der Waals surface area contributed by atoms with Crippen LogP contribution in [0.4, 0.5) is 0 Å². The molecule has 0 spiro atoms. The van der Waals surface area contributed by atoms with E-state index < -0.39 is 0 Å². The van der Waals surface area contributed by atoms with E-state index in [4.69, 9.17) is 14.2 Å². The van der Waals surface area contributed by atoms with Crippen molar-refractivity contribution in [2.75, 3.05) is 26.4 Å². The number of hydrogen-bond donors (Lipinski definition) is 0. The summed E-state index contributed by atoms with van der Waals surface area (Å²) in [6, 6.07) is 1.23. The van der Waals surface area contributed by atoms with Crippen LogP contribution < -0.4 is 0 Å². The molecule has 1 aliphatic heterocycles. The van der Waals surface area contributed by atoms with Crippen LogP contribution in [0.25, 0.3) is 0 Å². The molecule has 3 unspecified atom stereocenters. The Balaban J connectivity index is 1.36. The molecule has 0 aromatic carbocycles. The number of epoxide rings is 1. The molecular formula is C13H26O3Si. The smallest absolute Gasteiger partial charge is 0.0844 e. The molecule has 2 aliphatic rings. The second-order valence-electron chi connectivity index (χ2n) is 5.26. The third-order valence-electron chi connectivity index (χ3n) is 3.73. The van der Waals surface area contributed by atoms with Gasteiger partial charge in [-0.1, -0.05) is 0 Å². The molecule has 4 heteroatoms. The number of ether oxygens (including phenoxy) is 3. The maximum absolute atomic E-state index is 5.56. The van der Waals surface area contributed by atoms with E-state index in [0.29, 0.717) is 12.2 Å². The minimum absolute atomic E-state index is 0.626. The molecular weight excluding hydrogens is 232 g/mol. The first kappa shape index (κ1) is 13.5. The predicted octanol–water partition coefficient (Wildman–Crippen LogP) is 1.15. The fourth-order valence-electron chi connectivity index (χ4n) is 2.69. The van der Waals surface area contributed by atoms with Gasteiger partial charge in [0, 0.05) is 23.5 Å². The van der Waals surface area contributed by atoms with E-state index >= 15 is 0 Å². The second-order valence-corrected chi connectivity index (χ2v) is 6.26. The van der Waals surface area contributed by atoms with E-state index in [0.717, 1.165) is 32.3 Å². The molecule has 0 radical (unpaired) electrons. The molecule has 1 heterocycles. The Morgan fingerprint density at radius 3 is 2.59 bits per heavy atom. The molecule has 2 fully saturated rings. The average molecular weight is 258 g/mol. The normalized spacial score (nSPS) is 31.4. The van der Waals surface area contributed by atoms with Crippen molar-refractivity contribution in [1.29, 1.82) is 0 Å². The molecule has 2 rings (SSSR count). The summed E-state index contributed by atoms with van der Waals surface area (Å²) in [5.74, 6) is 0.892. The molecule has 0 bridgehead atoms. The lowest BCUT2D eigenvalue weighted by molar-refractivity contribution is 0.0500. The predicted molar refractivity (Wildman–Crippen MR) is 71.6 cm³/mol. The summed E-state index contributed by atoms with van der Waals surface area (Å²) in [5.41, 5.74) is 0. The fraction of sp³-hybridized carbons (Fsp3) is 1.00. The minimum Gasteiger partial charge on any atom is -0.379 e. The van der Waals surface area contributed by atoms with Gasteiger partial charge in [-0.2, -0.15) is 0 Å².